The fraction of sp³-hybridized carbons (Fsp3) is 0.105. The molecule has 7 heteroatoms. The van der Waals surface area contributed by atoms with E-state index < -0.39 is 0 Å². The molecule has 0 aliphatic carbocycles. The molecule has 3 aromatic rings. The van der Waals surface area contributed by atoms with E-state index in [0.717, 1.165) is 20.7 Å². The third-order valence-corrected chi connectivity index (χ3v) is 5.00. The Morgan fingerprint density at radius 3 is 2.92 bits per heavy atom. The van der Waals surface area contributed by atoms with Gasteiger partial charge in [0.15, 0.2) is 0 Å². The second kappa shape index (κ2) is 8.82. The zero-order valence-electron chi connectivity index (χ0n) is 13.8. The number of hydrogen-bond donors (Lipinski definition) is 1. The van der Waals surface area contributed by atoms with Crippen LogP contribution in [0.2, 0.25) is 0 Å². The average molecular weight is 430 g/mol. The molecule has 0 saturated carbocycles. The second-order valence-electron chi connectivity index (χ2n) is 5.30. The third kappa shape index (κ3) is 4.62. The van der Waals surface area contributed by atoms with E-state index in [2.05, 4.69) is 38.0 Å². The number of thioether (sulfide) groups is 1. The number of carbonyl (C=O) groups excluding carboxylic acids is 1. The molecular formula is C19H16BrN3O2S. The van der Waals surface area contributed by atoms with Crippen molar-refractivity contribution in [2.75, 3.05) is 5.75 Å². The Morgan fingerprint density at radius 1 is 1.27 bits per heavy atom. The molecule has 0 radical (unpaired) electrons. The van der Waals surface area contributed by atoms with Gasteiger partial charge >= 0.3 is 0 Å². The molecule has 2 aromatic carbocycles. The highest BCUT2D eigenvalue weighted by Gasteiger charge is 2.13. The fourth-order valence-electron chi connectivity index (χ4n) is 2.25. The van der Waals surface area contributed by atoms with Gasteiger partial charge in [-0.15, -0.1) is 18.3 Å². The number of rotatable bonds is 7. The van der Waals surface area contributed by atoms with E-state index in [1.54, 1.807) is 23.9 Å². The fourth-order valence-corrected chi connectivity index (χ4v) is 3.44. The van der Waals surface area contributed by atoms with E-state index in [1.165, 1.54) is 0 Å². The predicted octanol–water partition coefficient (Wildman–Crippen LogP) is 4.71. The summed E-state index contributed by atoms with van der Waals surface area (Å²) >= 11 is 4.98. The molecule has 1 aromatic heterocycles. The summed E-state index contributed by atoms with van der Waals surface area (Å²) in [6.45, 7) is 3.87. The summed E-state index contributed by atoms with van der Waals surface area (Å²) in [5, 5.41) is 6.79. The van der Waals surface area contributed by atoms with Gasteiger partial charge < -0.3 is 9.84 Å². The third-order valence-electron chi connectivity index (χ3n) is 3.44. The minimum atomic E-state index is -0.181. The van der Waals surface area contributed by atoms with E-state index in [-0.39, 0.29) is 12.5 Å². The summed E-state index contributed by atoms with van der Waals surface area (Å²) in [6, 6.07) is 15.1. The maximum Gasteiger partial charge on any atom is 0.252 e. The van der Waals surface area contributed by atoms with E-state index >= 15 is 0 Å². The van der Waals surface area contributed by atoms with Gasteiger partial charge in [0, 0.05) is 20.7 Å². The topological polar surface area (TPSA) is 68.0 Å². The molecule has 26 heavy (non-hydrogen) atoms. The van der Waals surface area contributed by atoms with Gasteiger partial charge in [-0.25, -0.2) is 0 Å². The van der Waals surface area contributed by atoms with Gasteiger partial charge in [-0.3, -0.25) is 4.79 Å². The van der Waals surface area contributed by atoms with Crippen molar-refractivity contribution in [2.45, 2.75) is 11.4 Å². The zero-order valence-corrected chi connectivity index (χ0v) is 16.2. The Morgan fingerprint density at radius 2 is 2.12 bits per heavy atom. The van der Waals surface area contributed by atoms with E-state index in [9.17, 15) is 4.79 Å². The maximum atomic E-state index is 12.5. The lowest BCUT2D eigenvalue weighted by molar-refractivity contribution is 0.0943. The summed E-state index contributed by atoms with van der Waals surface area (Å²) in [5.74, 6) is 1.39. The SMILES string of the molecule is C=CCSc1ccccc1C(=O)NCc1nc(-c2cccc(Br)c2)no1. The lowest BCUT2D eigenvalue weighted by Gasteiger charge is -2.07. The number of benzene rings is 2. The molecule has 0 aliphatic heterocycles. The monoisotopic (exact) mass is 429 g/mol. The van der Waals surface area contributed by atoms with Crippen LogP contribution in [-0.2, 0) is 6.54 Å². The normalized spacial score (nSPS) is 10.5. The van der Waals surface area contributed by atoms with Crippen LogP contribution in [0.4, 0.5) is 0 Å². The van der Waals surface area contributed by atoms with Gasteiger partial charge in [0.2, 0.25) is 11.7 Å². The van der Waals surface area contributed by atoms with Crippen LogP contribution in [0.5, 0.6) is 0 Å². The van der Waals surface area contributed by atoms with Crippen LogP contribution in [0.25, 0.3) is 11.4 Å². The number of hydrogen-bond acceptors (Lipinski definition) is 5. The molecule has 0 atom stereocenters. The smallest absolute Gasteiger partial charge is 0.252 e. The molecule has 0 bridgehead atoms. The van der Waals surface area contributed by atoms with E-state index in [0.29, 0.717) is 17.3 Å². The number of nitrogens with one attached hydrogen (secondary N) is 1. The van der Waals surface area contributed by atoms with Gasteiger partial charge in [-0.05, 0) is 24.3 Å². The first-order valence-corrected chi connectivity index (χ1v) is 9.64. The van der Waals surface area contributed by atoms with Crippen LogP contribution in [0, 0.1) is 0 Å². The highest BCUT2D eigenvalue weighted by Crippen LogP contribution is 2.23. The molecule has 0 aliphatic rings. The molecule has 0 spiro atoms. The number of nitrogens with zero attached hydrogens (tertiary/aromatic N) is 2. The Balaban J connectivity index is 1.66. The van der Waals surface area contributed by atoms with Gasteiger partial charge in [0.1, 0.15) is 0 Å². The second-order valence-corrected chi connectivity index (χ2v) is 7.28. The summed E-state index contributed by atoms with van der Waals surface area (Å²) < 4.78 is 6.16. The molecular weight excluding hydrogens is 414 g/mol. The van der Waals surface area contributed by atoms with Crippen LogP contribution < -0.4 is 5.32 Å². The molecule has 1 amide bonds. The standard InChI is InChI=1S/C19H16BrN3O2S/c1-2-10-26-16-9-4-3-8-15(16)19(24)21-12-17-22-18(23-25-17)13-6-5-7-14(20)11-13/h2-9,11H,1,10,12H2,(H,21,24). The maximum absolute atomic E-state index is 12.5. The van der Waals surface area contributed by atoms with Crippen molar-refractivity contribution in [1.29, 1.82) is 0 Å². The summed E-state index contributed by atoms with van der Waals surface area (Å²) in [7, 11) is 0. The first-order valence-electron chi connectivity index (χ1n) is 7.87. The largest absolute Gasteiger partial charge is 0.343 e. The number of amides is 1. The molecule has 5 nitrogen and oxygen atoms in total. The average Bonchev–Trinajstić information content (AvgIpc) is 3.14. The highest BCUT2D eigenvalue weighted by atomic mass is 79.9. The first kappa shape index (κ1) is 18.4. The molecule has 3 rings (SSSR count). The van der Waals surface area contributed by atoms with E-state index in [4.69, 9.17) is 4.52 Å². The molecule has 0 saturated heterocycles. The Bertz CT molecular complexity index is 926. The summed E-state index contributed by atoms with van der Waals surface area (Å²) in [5.41, 5.74) is 1.46. The minimum Gasteiger partial charge on any atom is -0.343 e. The van der Waals surface area contributed by atoms with Gasteiger partial charge in [-0.1, -0.05) is 51.4 Å². The quantitative estimate of drug-likeness (QED) is 0.435. The minimum absolute atomic E-state index is 0.167. The van der Waals surface area contributed by atoms with Crippen LogP contribution in [0.1, 0.15) is 16.2 Å². The van der Waals surface area contributed by atoms with Crippen molar-refractivity contribution in [2.24, 2.45) is 0 Å². The molecule has 0 fully saturated rings. The van der Waals surface area contributed by atoms with Crippen LogP contribution >= 0.6 is 27.7 Å². The molecule has 1 N–H and O–H groups in total. The molecule has 0 unspecified atom stereocenters. The van der Waals surface area contributed by atoms with Crippen molar-refractivity contribution in [3.63, 3.8) is 0 Å². The Hall–Kier alpha value is -2.38. The van der Waals surface area contributed by atoms with Crippen LogP contribution in [0.15, 0.2) is 75.1 Å². The number of carbonyl (C=O) groups is 1. The summed E-state index contributed by atoms with van der Waals surface area (Å²) in [4.78, 5) is 17.7. The number of halogens is 1. The van der Waals surface area contributed by atoms with E-state index in [1.807, 2.05) is 42.5 Å². The lowest BCUT2D eigenvalue weighted by atomic mass is 10.2. The van der Waals surface area contributed by atoms with Crippen molar-refractivity contribution >= 4 is 33.6 Å². The Labute approximate surface area is 164 Å². The zero-order chi connectivity index (χ0) is 18.4. The summed E-state index contributed by atoms with van der Waals surface area (Å²) in [6.07, 6.45) is 1.81. The van der Waals surface area contributed by atoms with Crippen molar-refractivity contribution in [3.8, 4) is 11.4 Å². The molecule has 132 valence electrons. The predicted molar refractivity (Wildman–Crippen MR) is 106 cm³/mol. The van der Waals surface area contributed by atoms with Crippen molar-refractivity contribution in [1.82, 2.24) is 15.5 Å². The Kier molecular flexibility index (Phi) is 6.25. The lowest BCUT2D eigenvalue weighted by Crippen LogP contribution is -2.23. The van der Waals surface area contributed by atoms with Gasteiger partial charge in [0.05, 0.1) is 12.1 Å². The van der Waals surface area contributed by atoms with Crippen LogP contribution in [0.3, 0.4) is 0 Å². The first-order chi connectivity index (χ1) is 12.7. The van der Waals surface area contributed by atoms with Gasteiger partial charge in [0.25, 0.3) is 5.91 Å². The van der Waals surface area contributed by atoms with Gasteiger partial charge in [-0.2, -0.15) is 4.98 Å². The van der Waals surface area contributed by atoms with Crippen molar-refractivity contribution < 1.29 is 9.32 Å². The highest BCUT2D eigenvalue weighted by molar-refractivity contribution is 9.10. The van der Waals surface area contributed by atoms with Crippen molar-refractivity contribution in [3.05, 3.63) is 77.1 Å². The molecule has 1 heterocycles. The van der Waals surface area contributed by atoms with Crippen LogP contribution in [-0.4, -0.2) is 21.8 Å². The number of aromatic nitrogens is 2.